The van der Waals surface area contributed by atoms with Crippen LogP contribution in [0.3, 0.4) is 0 Å². The Hall–Kier alpha value is -1.84. The molecule has 0 bridgehead atoms. The Kier molecular flexibility index (Phi) is 4.93. The summed E-state index contributed by atoms with van der Waals surface area (Å²) in [5.41, 5.74) is 3.04. The second-order valence-corrected chi connectivity index (χ2v) is 6.97. The molecule has 0 radical (unpaired) electrons. The molecule has 0 amide bonds. The third kappa shape index (κ3) is 3.33. The molecule has 0 spiro atoms. The third-order valence-electron chi connectivity index (χ3n) is 4.78. The Labute approximate surface area is 148 Å². The van der Waals surface area contributed by atoms with Gasteiger partial charge in [-0.1, -0.05) is 47.5 Å². The van der Waals surface area contributed by atoms with Crippen molar-refractivity contribution in [1.82, 2.24) is 4.90 Å². The molecule has 1 aliphatic rings. The molecule has 3 rings (SSSR count). The van der Waals surface area contributed by atoms with Gasteiger partial charge < -0.3 is 9.64 Å². The van der Waals surface area contributed by atoms with Crippen LogP contribution in [0, 0.1) is 12.8 Å². The summed E-state index contributed by atoms with van der Waals surface area (Å²) in [6.07, 6.45) is 0. The molecule has 2 atom stereocenters. The second-order valence-electron chi connectivity index (χ2n) is 6.56. The van der Waals surface area contributed by atoms with Gasteiger partial charge >= 0.3 is 0 Å². The van der Waals surface area contributed by atoms with E-state index in [9.17, 15) is 4.79 Å². The molecule has 2 aromatic rings. The van der Waals surface area contributed by atoms with Gasteiger partial charge in [0, 0.05) is 30.5 Å². The molecule has 1 saturated heterocycles. The molecule has 4 heteroatoms. The minimum absolute atomic E-state index is 0.0535. The monoisotopic (exact) mass is 343 g/mol. The Balaban J connectivity index is 1.90. The number of Topliss-reactive ketones (excluding diaryl/α,β-unsaturated/α-hetero) is 1. The molecule has 0 saturated carbocycles. The maximum atomic E-state index is 13.0. The molecule has 1 fully saturated rings. The van der Waals surface area contributed by atoms with Gasteiger partial charge in [0.05, 0.1) is 12.1 Å². The van der Waals surface area contributed by atoms with Gasteiger partial charge in [-0.05, 0) is 31.7 Å². The van der Waals surface area contributed by atoms with Crippen LogP contribution in [0.2, 0.25) is 5.02 Å². The van der Waals surface area contributed by atoms with Crippen LogP contribution < -0.4 is 4.74 Å². The van der Waals surface area contributed by atoms with E-state index in [1.54, 1.807) is 7.11 Å². The SMILES string of the molecule is COc1ccc([C@H]2CN(C)C[C@H]2C(=O)c2ccc(C)cc2)cc1Cl. The van der Waals surface area contributed by atoms with Crippen LogP contribution in [0.15, 0.2) is 42.5 Å². The molecule has 3 nitrogen and oxygen atoms in total. The van der Waals surface area contributed by atoms with Crippen LogP contribution in [0.25, 0.3) is 0 Å². The molecular formula is C20H22ClNO2. The zero-order chi connectivity index (χ0) is 17.3. The number of carbonyl (C=O) groups is 1. The molecule has 126 valence electrons. The Morgan fingerprint density at radius 2 is 1.88 bits per heavy atom. The lowest BCUT2D eigenvalue weighted by Crippen LogP contribution is -2.22. The van der Waals surface area contributed by atoms with Crippen LogP contribution in [-0.4, -0.2) is 37.9 Å². The van der Waals surface area contributed by atoms with Crippen molar-refractivity contribution in [2.24, 2.45) is 5.92 Å². The number of ether oxygens (including phenoxy) is 1. The van der Waals surface area contributed by atoms with Crippen molar-refractivity contribution in [2.45, 2.75) is 12.8 Å². The van der Waals surface area contributed by atoms with Crippen molar-refractivity contribution in [1.29, 1.82) is 0 Å². The summed E-state index contributed by atoms with van der Waals surface area (Å²) in [5, 5.41) is 0.589. The van der Waals surface area contributed by atoms with Crippen LogP contribution in [0.1, 0.15) is 27.4 Å². The highest BCUT2D eigenvalue weighted by molar-refractivity contribution is 6.32. The predicted molar refractivity (Wildman–Crippen MR) is 97.2 cm³/mol. The molecule has 24 heavy (non-hydrogen) atoms. The van der Waals surface area contributed by atoms with Crippen LogP contribution in [-0.2, 0) is 0 Å². The van der Waals surface area contributed by atoms with Gasteiger partial charge in [0.1, 0.15) is 5.75 Å². The summed E-state index contributed by atoms with van der Waals surface area (Å²) in [5.74, 6) is 0.957. The number of ketones is 1. The van der Waals surface area contributed by atoms with Gasteiger partial charge in [-0.3, -0.25) is 4.79 Å². The highest BCUT2D eigenvalue weighted by Crippen LogP contribution is 2.37. The van der Waals surface area contributed by atoms with E-state index in [-0.39, 0.29) is 17.6 Å². The first-order valence-corrected chi connectivity index (χ1v) is 8.50. The van der Waals surface area contributed by atoms with Crippen molar-refractivity contribution in [3.63, 3.8) is 0 Å². The summed E-state index contributed by atoms with van der Waals surface area (Å²) >= 11 is 6.28. The van der Waals surface area contributed by atoms with Gasteiger partial charge in [-0.25, -0.2) is 0 Å². The number of nitrogens with zero attached hydrogens (tertiary/aromatic N) is 1. The molecule has 1 heterocycles. The number of hydrogen-bond donors (Lipinski definition) is 0. The Morgan fingerprint density at radius 1 is 1.17 bits per heavy atom. The maximum Gasteiger partial charge on any atom is 0.167 e. The average Bonchev–Trinajstić information content (AvgIpc) is 2.96. The first-order valence-electron chi connectivity index (χ1n) is 8.12. The summed E-state index contributed by atoms with van der Waals surface area (Å²) < 4.78 is 5.23. The molecule has 0 aliphatic carbocycles. The fourth-order valence-corrected chi connectivity index (χ4v) is 3.72. The van der Waals surface area contributed by atoms with Gasteiger partial charge in [-0.15, -0.1) is 0 Å². The molecule has 0 aromatic heterocycles. The van der Waals surface area contributed by atoms with Gasteiger partial charge in [0.2, 0.25) is 0 Å². The zero-order valence-electron chi connectivity index (χ0n) is 14.3. The zero-order valence-corrected chi connectivity index (χ0v) is 15.0. The number of hydrogen-bond acceptors (Lipinski definition) is 3. The van der Waals surface area contributed by atoms with Crippen molar-refractivity contribution in [3.8, 4) is 5.75 Å². The topological polar surface area (TPSA) is 29.5 Å². The lowest BCUT2D eigenvalue weighted by Gasteiger charge is -2.19. The number of rotatable bonds is 4. The minimum atomic E-state index is -0.0535. The summed E-state index contributed by atoms with van der Waals surface area (Å²) in [6, 6.07) is 13.7. The smallest absolute Gasteiger partial charge is 0.167 e. The average molecular weight is 344 g/mol. The van der Waals surface area contributed by atoms with E-state index in [4.69, 9.17) is 16.3 Å². The van der Waals surface area contributed by atoms with E-state index >= 15 is 0 Å². The van der Waals surface area contributed by atoms with E-state index in [0.29, 0.717) is 10.8 Å². The van der Waals surface area contributed by atoms with E-state index in [1.807, 2.05) is 49.4 Å². The first-order chi connectivity index (χ1) is 11.5. The maximum absolute atomic E-state index is 13.0. The summed E-state index contributed by atoms with van der Waals surface area (Å²) in [7, 11) is 3.66. The van der Waals surface area contributed by atoms with Crippen molar-refractivity contribution in [3.05, 3.63) is 64.2 Å². The predicted octanol–water partition coefficient (Wildman–Crippen LogP) is 4.19. The first kappa shape index (κ1) is 17.0. The number of carbonyl (C=O) groups excluding carboxylic acids is 1. The summed E-state index contributed by atoms with van der Waals surface area (Å²) in [6.45, 7) is 3.64. The van der Waals surface area contributed by atoms with Gasteiger partial charge in [0.25, 0.3) is 0 Å². The van der Waals surface area contributed by atoms with Crippen molar-refractivity contribution in [2.75, 3.05) is 27.2 Å². The number of halogens is 1. The lowest BCUT2D eigenvalue weighted by atomic mass is 9.83. The third-order valence-corrected chi connectivity index (χ3v) is 5.07. The normalized spacial score (nSPS) is 21.0. The molecule has 1 aliphatic heterocycles. The van der Waals surface area contributed by atoms with Gasteiger partial charge in [-0.2, -0.15) is 0 Å². The number of aryl methyl sites for hydroxylation is 1. The number of benzene rings is 2. The van der Waals surface area contributed by atoms with Crippen LogP contribution >= 0.6 is 11.6 Å². The van der Waals surface area contributed by atoms with Crippen LogP contribution in [0.4, 0.5) is 0 Å². The van der Waals surface area contributed by atoms with Crippen molar-refractivity contribution < 1.29 is 9.53 Å². The van der Waals surface area contributed by atoms with E-state index in [1.165, 1.54) is 0 Å². The Bertz CT molecular complexity index is 742. The summed E-state index contributed by atoms with van der Waals surface area (Å²) in [4.78, 5) is 15.2. The molecule has 0 unspecified atom stereocenters. The van der Waals surface area contributed by atoms with E-state index < -0.39 is 0 Å². The highest BCUT2D eigenvalue weighted by atomic mass is 35.5. The molecular weight excluding hydrogens is 322 g/mol. The van der Waals surface area contributed by atoms with E-state index in [0.717, 1.165) is 29.8 Å². The molecule has 0 N–H and O–H groups in total. The largest absolute Gasteiger partial charge is 0.495 e. The number of likely N-dealkylation sites (tertiary alicyclic amines) is 1. The van der Waals surface area contributed by atoms with Crippen molar-refractivity contribution >= 4 is 17.4 Å². The van der Waals surface area contributed by atoms with Gasteiger partial charge in [0.15, 0.2) is 5.78 Å². The number of likely N-dealkylation sites (N-methyl/N-ethyl adjacent to an activating group) is 1. The molecule has 2 aromatic carbocycles. The lowest BCUT2D eigenvalue weighted by molar-refractivity contribution is 0.0915. The number of methoxy groups -OCH3 is 1. The fraction of sp³-hybridized carbons (Fsp3) is 0.350. The van der Waals surface area contributed by atoms with E-state index in [2.05, 4.69) is 11.9 Å². The minimum Gasteiger partial charge on any atom is -0.495 e. The standard InChI is InChI=1S/C20H22ClNO2/c1-13-4-6-14(7-5-13)20(23)17-12-22(2)11-16(17)15-8-9-19(24-3)18(21)10-15/h4-10,16-17H,11-12H2,1-3H3/t16-,17-/m1/s1. The second kappa shape index (κ2) is 6.96. The quantitative estimate of drug-likeness (QED) is 0.780. The fourth-order valence-electron chi connectivity index (χ4n) is 3.45. The Morgan fingerprint density at radius 3 is 2.50 bits per heavy atom. The van der Waals surface area contributed by atoms with Crippen LogP contribution in [0.5, 0.6) is 5.75 Å². The highest BCUT2D eigenvalue weighted by Gasteiger charge is 2.37.